The summed E-state index contributed by atoms with van der Waals surface area (Å²) in [5.74, 6) is 2.39. The highest BCUT2D eigenvalue weighted by molar-refractivity contribution is 5.33. The Kier molecular flexibility index (Phi) is 6.72. The van der Waals surface area contributed by atoms with Gasteiger partial charge in [0.1, 0.15) is 0 Å². The van der Waals surface area contributed by atoms with Crippen molar-refractivity contribution in [1.82, 2.24) is 0 Å². The monoisotopic (exact) mass is 444 g/mol. The molecule has 5 unspecified atom stereocenters. The maximum Gasteiger partial charge on any atom is 0.194 e. The first kappa shape index (κ1) is 22.5. The van der Waals surface area contributed by atoms with Crippen LogP contribution in [0.1, 0.15) is 88.7 Å². The van der Waals surface area contributed by atoms with Gasteiger partial charge in [0.15, 0.2) is 17.5 Å². The summed E-state index contributed by atoms with van der Waals surface area (Å²) in [6, 6.07) is 1.27. The van der Waals surface area contributed by atoms with E-state index in [9.17, 15) is 13.2 Å². The molecule has 0 aliphatic heterocycles. The van der Waals surface area contributed by atoms with Crippen molar-refractivity contribution in [3.05, 3.63) is 46.8 Å². The zero-order chi connectivity index (χ0) is 22.2. The molecule has 176 valence electrons. The lowest BCUT2D eigenvalue weighted by atomic mass is 9.59. The molecule has 0 N–H and O–H groups in total. The van der Waals surface area contributed by atoms with Gasteiger partial charge in [-0.05, 0) is 149 Å². The molecule has 1 aromatic carbocycles. The van der Waals surface area contributed by atoms with Gasteiger partial charge in [0.05, 0.1) is 0 Å². The van der Waals surface area contributed by atoms with Crippen LogP contribution in [0.4, 0.5) is 13.2 Å². The van der Waals surface area contributed by atoms with E-state index in [0.717, 1.165) is 48.0 Å². The molecule has 4 aliphatic carbocycles. The Morgan fingerprint density at radius 3 is 1.88 bits per heavy atom. The van der Waals surface area contributed by atoms with Gasteiger partial charge >= 0.3 is 0 Å². The molecule has 32 heavy (non-hydrogen) atoms. The van der Waals surface area contributed by atoms with Crippen molar-refractivity contribution in [2.45, 2.75) is 90.4 Å². The van der Waals surface area contributed by atoms with Gasteiger partial charge in [-0.1, -0.05) is 12.2 Å². The van der Waals surface area contributed by atoms with Crippen LogP contribution in [-0.4, -0.2) is 0 Å². The van der Waals surface area contributed by atoms with Gasteiger partial charge in [0, 0.05) is 0 Å². The van der Waals surface area contributed by atoms with Gasteiger partial charge < -0.3 is 0 Å². The lowest BCUT2D eigenvalue weighted by Crippen LogP contribution is -2.37. The summed E-state index contributed by atoms with van der Waals surface area (Å²) < 4.78 is 41.6. The molecule has 1 aromatic rings. The molecule has 0 spiro atoms. The standard InChI is InChI=1S/C29H39F3/c1-2-3-18-4-6-19(7-5-18)20-8-9-22-15-23(11-10-21(22)14-20)24-12-13-26-25(16-24)17-27(30)29(32)28(26)31/h2-3,17-24H,4-16H2,1H3/b3-2+. The molecule has 0 nitrogen and oxygen atoms in total. The predicted octanol–water partition coefficient (Wildman–Crippen LogP) is 8.42. The Balaban J connectivity index is 1.16. The van der Waals surface area contributed by atoms with E-state index in [-0.39, 0.29) is 0 Å². The summed E-state index contributed by atoms with van der Waals surface area (Å²) in [7, 11) is 0. The molecule has 0 saturated heterocycles. The van der Waals surface area contributed by atoms with Crippen LogP contribution in [-0.2, 0) is 12.8 Å². The molecule has 4 aliphatic rings. The highest BCUT2D eigenvalue weighted by Gasteiger charge is 2.41. The average Bonchev–Trinajstić information content (AvgIpc) is 2.82. The third kappa shape index (κ3) is 4.42. The molecule has 0 bridgehead atoms. The highest BCUT2D eigenvalue weighted by Crippen LogP contribution is 2.51. The number of hydrogen-bond acceptors (Lipinski definition) is 0. The van der Waals surface area contributed by atoms with Crippen LogP contribution in [0.2, 0.25) is 0 Å². The summed E-state index contributed by atoms with van der Waals surface area (Å²) >= 11 is 0. The van der Waals surface area contributed by atoms with Crippen molar-refractivity contribution in [1.29, 1.82) is 0 Å². The Labute approximate surface area is 192 Å². The van der Waals surface area contributed by atoms with E-state index >= 15 is 0 Å². The zero-order valence-electron chi connectivity index (χ0n) is 19.6. The maximum absolute atomic E-state index is 14.2. The molecule has 3 heteroatoms. The van der Waals surface area contributed by atoms with Crippen LogP contribution in [0.15, 0.2) is 18.2 Å². The SMILES string of the molecule is C/C=C/C1CCC(C2CCC3CC(C4CCc5c(cc(F)c(F)c5F)C4)CCC3C2)CC1. The van der Waals surface area contributed by atoms with Crippen LogP contribution >= 0.6 is 0 Å². The summed E-state index contributed by atoms with van der Waals surface area (Å²) in [6.45, 7) is 2.15. The smallest absolute Gasteiger partial charge is 0.194 e. The van der Waals surface area contributed by atoms with E-state index in [1.54, 1.807) is 0 Å². The van der Waals surface area contributed by atoms with E-state index < -0.39 is 17.5 Å². The first-order chi connectivity index (χ1) is 15.5. The summed E-state index contributed by atoms with van der Waals surface area (Å²) in [6.07, 6.45) is 20.6. The van der Waals surface area contributed by atoms with Crippen molar-refractivity contribution in [3.8, 4) is 0 Å². The maximum atomic E-state index is 14.2. The fraction of sp³-hybridized carbons (Fsp3) is 0.724. The molecular weight excluding hydrogens is 405 g/mol. The summed E-state index contributed by atoms with van der Waals surface area (Å²) in [4.78, 5) is 0. The minimum atomic E-state index is -1.30. The van der Waals surface area contributed by atoms with Crippen LogP contribution in [0, 0.1) is 58.9 Å². The molecule has 5 atom stereocenters. The van der Waals surface area contributed by atoms with E-state index in [1.165, 1.54) is 70.3 Å². The molecule has 0 aromatic heterocycles. The number of hydrogen-bond donors (Lipinski definition) is 0. The number of halogens is 3. The Morgan fingerprint density at radius 2 is 1.25 bits per heavy atom. The van der Waals surface area contributed by atoms with E-state index in [1.807, 2.05) is 0 Å². The lowest BCUT2D eigenvalue weighted by molar-refractivity contribution is 0.0458. The first-order valence-corrected chi connectivity index (χ1v) is 13.3. The molecule has 5 rings (SSSR count). The third-order valence-corrected chi connectivity index (χ3v) is 9.91. The first-order valence-electron chi connectivity index (χ1n) is 13.3. The minimum Gasteiger partial charge on any atom is -0.204 e. The molecular formula is C29H39F3. The van der Waals surface area contributed by atoms with Crippen molar-refractivity contribution >= 4 is 0 Å². The predicted molar refractivity (Wildman–Crippen MR) is 124 cm³/mol. The van der Waals surface area contributed by atoms with Crippen LogP contribution < -0.4 is 0 Å². The van der Waals surface area contributed by atoms with Crippen molar-refractivity contribution in [2.24, 2.45) is 41.4 Å². The number of rotatable bonds is 3. The van der Waals surface area contributed by atoms with Gasteiger partial charge in [-0.3, -0.25) is 0 Å². The zero-order valence-corrected chi connectivity index (χ0v) is 19.6. The number of allylic oxidation sites excluding steroid dienone is 2. The molecule has 3 fully saturated rings. The lowest BCUT2D eigenvalue weighted by Gasteiger charge is -2.47. The second kappa shape index (κ2) is 9.55. The summed E-state index contributed by atoms with van der Waals surface area (Å²) in [5, 5.41) is 0. The largest absolute Gasteiger partial charge is 0.204 e. The number of fused-ring (bicyclic) bond motifs is 2. The minimum absolute atomic E-state index is 0.429. The van der Waals surface area contributed by atoms with E-state index in [4.69, 9.17) is 0 Å². The second-order valence-corrected chi connectivity index (χ2v) is 11.5. The van der Waals surface area contributed by atoms with Crippen molar-refractivity contribution < 1.29 is 13.2 Å². The van der Waals surface area contributed by atoms with Crippen molar-refractivity contribution in [3.63, 3.8) is 0 Å². The Morgan fingerprint density at radius 1 is 0.688 bits per heavy atom. The molecule has 0 heterocycles. The van der Waals surface area contributed by atoms with Crippen LogP contribution in [0.3, 0.4) is 0 Å². The number of benzene rings is 1. The third-order valence-electron chi connectivity index (χ3n) is 9.91. The van der Waals surface area contributed by atoms with Gasteiger partial charge in [0.2, 0.25) is 0 Å². The normalized spacial score (nSPS) is 37.8. The Bertz CT molecular complexity index is 835. The van der Waals surface area contributed by atoms with Gasteiger partial charge in [-0.15, -0.1) is 0 Å². The second-order valence-electron chi connectivity index (χ2n) is 11.5. The fourth-order valence-corrected chi connectivity index (χ4v) is 8.15. The molecule has 0 radical (unpaired) electrons. The molecule has 3 saturated carbocycles. The molecule has 0 amide bonds. The van der Waals surface area contributed by atoms with Crippen LogP contribution in [0.5, 0.6) is 0 Å². The Hall–Kier alpha value is -1.25. The highest BCUT2D eigenvalue weighted by atomic mass is 19.2. The van der Waals surface area contributed by atoms with Gasteiger partial charge in [0.25, 0.3) is 0 Å². The van der Waals surface area contributed by atoms with Gasteiger partial charge in [-0.2, -0.15) is 0 Å². The van der Waals surface area contributed by atoms with E-state index in [2.05, 4.69) is 19.1 Å². The average molecular weight is 445 g/mol. The summed E-state index contributed by atoms with van der Waals surface area (Å²) in [5.41, 5.74) is 1.15. The van der Waals surface area contributed by atoms with Gasteiger partial charge in [-0.25, -0.2) is 13.2 Å². The topological polar surface area (TPSA) is 0 Å². The van der Waals surface area contributed by atoms with E-state index in [0.29, 0.717) is 23.8 Å². The van der Waals surface area contributed by atoms with Crippen LogP contribution in [0.25, 0.3) is 0 Å². The quantitative estimate of drug-likeness (QED) is 0.324. The fourth-order valence-electron chi connectivity index (χ4n) is 8.15. The van der Waals surface area contributed by atoms with Crippen molar-refractivity contribution in [2.75, 3.05) is 0 Å².